The normalized spacial score (nSPS) is 20.1. The molecule has 6 nitrogen and oxygen atoms in total. The smallest absolute Gasteiger partial charge is 0.336 e. The Labute approximate surface area is 133 Å². The van der Waals surface area contributed by atoms with Crippen molar-refractivity contribution in [2.45, 2.75) is 30.6 Å². The van der Waals surface area contributed by atoms with E-state index in [0.29, 0.717) is 24.0 Å². The van der Waals surface area contributed by atoms with Gasteiger partial charge in [-0.25, -0.2) is 17.6 Å². The molecule has 1 fully saturated rings. The predicted molar refractivity (Wildman–Crippen MR) is 80.2 cm³/mol. The Bertz CT molecular complexity index is 757. The molecule has 1 aliphatic carbocycles. The van der Waals surface area contributed by atoms with Crippen molar-refractivity contribution in [3.8, 4) is 0 Å². The Hall–Kier alpha value is -1.51. The zero-order chi connectivity index (χ0) is 16.8. The van der Waals surface area contributed by atoms with Gasteiger partial charge in [-0.1, -0.05) is 0 Å². The minimum absolute atomic E-state index is 0.00116. The number of halogens is 1. The molecule has 1 aromatic carbocycles. The molecule has 1 aromatic rings. The lowest BCUT2D eigenvalue weighted by Crippen LogP contribution is -2.45. The summed E-state index contributed by atoms with van der Waals surface area (Å²) in [6, 6.07) is 2.21. The molecule has 1 heterocycles. The summed E-state index contributed by atoms with van der Waals surface area (Å²) in [6.07, 6.45) is 1.37. The topological polar surface area (TPSA) is 83.9 Å². The second-order valence-electron chi connectivity index (χ2n) is 6.10. The third-order valence-electron chi connectivity index (χ3n) is 4.60. The molecular weight excluding hydrogens is 325 g/mol. The molecule has 1 saturated carbocycles. The van der Waals surface area contributed by atoms with Gasteiger partial charge in [0.25, 0.3) is 0 Å². The molecule has 126 valence electrons. The maximum Gasteiger partial charge on any atom is 0.336 e. The number of methoxy groups -OCH3 is 1. The van der Waals surface area contributed by atoms with Crippen LogP contribution in [-0.2, 0) is 27.7 Å². The largest absolute Gasteiger partial charge is 0.478 e. The number of hydrogen-bond acceptors (Lipinski definition) is 4. The van der Waals surface area contributed by atoms with Gasteiger partial charge in [0, 0.05) is 20.2 Å². The first-order valence-electron chi connectivity index (χ1n) is 7.34. The lowest BCUT2D eigenvalue weighted by Gasteiger charge is -2.32. The van der Waals surface area contributed by atoms with E-state index in [1.165, 1.54) is 17.5 Å². The molecule has 0 radical (unpaired) electrons. The molecule has 0 atom stereocenters. The van der Waals surface area contributed by atoms with Gasteiger partial charge in [0.15, 0.2) is 0 Å². The molecule has 0 amide bonds. The number of carboxylic acids is 1. The Morgan fingerprint density at radius 2 is 2.13 bits per heavy atom. The summed E-state index contributed by atoms with van der Waals surface area (Å²) in [4.78, 5) is 11.2. The fraction of sp³-hybridized carbons (Fsp3) is 0.533. The van der Waals surface area contributed by atoms with E-state index in [0.717, 1.165) is 6.07 Å². The van der Waals surface area contributed by atoms with E-state index in [-0.39, 0.29) is 31.7 Å². The fourth-order valence-corrected chi connectivity index (χ4v) is 5.26. The zero-order valence-corrected chi connectivity index (χ0v) is 13.5. The maximum atomic E-state index is 13.7. The third-order valence-corrected chi connectivity index (χ3v) is 7.21. The SMILES string of the molecule is COCC1(S(=O)(=O)N2CCc3c(cc(F)cc3C(=O)O)C2)CC1. The number of fused-ring (bicyclic) bond motifs is 1. The average Bonchev–Trinajstić information content (AvgIpc) is 3.27. The van der Waals surface area contributed by atoms with E-state index < -0.39 is 26.6 Å². The molecule has 3 rings (SSSR count). The number of rotatable bonds is 5. The van der Waals surface area contributed by atoms with Crippen LogP contribution in [0, 0.1) is 5.82 Å². The second-order valence-corrected chi connectivity index (χ2v) is 8.43. The highest BCUT2D eigenvalue weighted by atomic mass is 32.2. The predicted octanol–water partition coefficient (Wildman–Crippen LogP) is 1.39. The fourth-order valence-electron chi connectivity index (χ4n) is 3.18. The molecule has 23 heavy (non-hydrogen) atoms. The minimum atomic E-state index is -3.56. The Balaban J connectivity index is 1.93. The Morgan fingerprint density at radius 1 is 1.43 bits per heavy atom. The van der Waals surface area contributed by atoms with Crippen LogP contribution in [0.15, 0.2) is 12.1 Å². The van der Waals surface area contributed by atoms with Crippen LogP contribution in [0.1, 0.15) is 34.3 Å². The summed E-state index contributed by atoms with van der Waals surface area (Å²) in [5.41, 5.74) is 0.849. The summed E-state index contributed by atoms with van der Waals surface area (Å²) in [7, 11) is -2.09. The Morgan fingerprint density at radius 3 is 2.70 bits per heavy atom. The van der Waals surface area contributed by atoms with Crippen LogP contribution in [0.5, 0.6) is 0 Å². The van der Waals surface area contributed by atoms with E-state index in [1.807, 2.05) is 0 Å². The molecule has 8 heteroatoms. The van der Waals surface area contributed by atoms with Crippen molar-refractivity contribution in [2.24, 2.45) is 0 Å². The van der Waals surface area contributed by atoms with Gasteiger partial charge in [0.1, 0.15) is 10.6 Å². The summed E-state index contributed by atoms with van der Waals surface area (Å²) in [5, 5.41) is 9.19. The molecule has 0 bridgehead atoms. The molecular formula is C15H18FNO5S. The van der Waals surface area contributed by atoms with Crippen molar-refractivity contribution in [1.82, 2.24) is 4.31 Å². The van der Waals surface area contributed by atoms with E-state index in [4.69, 9.17) is 4.74 Å². The zero-order valence-electron chi connectivity index (χ0n) is 12.7. The van der Waals surface area contributed by atoms with Crippen LogP contribution in [0.25, 0.3) is 0 Å². The summed E-state index contributed by atoms with van der Waals surface area (Å²) in [5.74, 6) is -1.87. The highest BCUT2D eigenvalue weighted by Crippen LogP contribution is 2.46. The second kappa shape index (κ2) is 5.54. The first kappa shape index (κ1) is 16.4. The number of aromatic carboxylic acids is 1. The van der Waals surface area contributed by atoms with Gasteiger partial charge in [-0.15, -0.1) is 0 Å². The van der Waals surface area contributed by atoms with Gasteiger partial charge in [-0.3, -0.25) is 0 Å². The highest BCUT2D eigenvalue weighted by molar-refractivity contribution is 7.90. The molecule has 2 aliphatic rings. The van der Waals surface area contributed by atoms with Gasteiger partial charge < -0.3 is 9.84 Å². The molecule has 0 spiro atoms. The third kappa shape index (κ3) is 2.64. The highest BCUT2D eigenvalue weighted by Gasteiger charge is 2.57. The summed E-state index contributed by atoms with van der Waals surface area (Å²) < 4.78 is 44.8. The number of carbonyl (C=O) groups is 1. The number of hydrogen-bond donors (Lipinski definition) is 1. The standard InChI is InChI=1S/C15H18FNO5S/c1-22-9-15(3-4-15)23(20,21)17-5-2-12-10(8-17)6-11(16)7-13(12)14(18)19/h6-7H,2-5,8-9H2,1H3,(H,18,19). The molecule has 1 aliphatic heterocycles. The van der Waals surface area contributed by atoms with Crippen molar-refractivity contribution >= 4 is 16.0 Å². The van der Waals surface area contributed by atoms with Gasteiger partial charge in [0.05, 0.1) is 12.2 Å². The first-order valence-corrected chi connectivity index (χ1v) is 8.78. The van der Waals surface area contributed by atoms with Gasteiger partial charge >= 0.3 is 5.97 Å². The summed E-state index contributed by atoms with van der Waals surface area (Å²) in [6.45, 7) is 0.343. The van der Waals surface area contributed by atoms with Crippen molar-refractivity contribution in [2.75, 3.05) is 20.3 Å². The van der Waals surface area contributed by atoms with Crippen molar-refractivity contribution in [3.63, 3.8) is 0 Å². The molecule has 0 unspecified atom stereocenters. The van der Waals surface area contributed by atoms with E-state index in [2.05, 4.69) is 0 Å². The number of nitrogens with zero attached hydrogens (tertiary/aromatic N) is 1. The van der Waals surface area contributed by atoms with E-state index in [1.54, 1.807) is 0 Å². The monoisotopic (exact) mass is 343 g/mol. The average molecular weight is 343 g/mol. The van der Waals surface area contributed by atoms with E-state index >= 15 is 0 Å². The molecule has 0 saturated heterocycles. The van der Waals surface area contributed by atoms with Crippen LogP contribution in [0.4, 0.5) is 4.39 Å². The summed E-state index contributed by atoms with van der Waals surface area (Å²) >= 11 is 0. The van der Waals surface area contributed by atoms with Crippen LogP contribution in [-0.4, -0.2) is 48.8 Å². The number of carboxylic acid groups (broad SMARTS) is 1. The maximum absolute atomic E-state index is 13.7. The van der Waals surface area contributed by atoms with Crippen LogP contribution < -0.4 is 0 Å². The van der Waals surface area contributed by atoms with Crippen LogP contribution in [0.2, 0.25) is 0 Å². The minimum Gasteiger partial charge on any atom is -0.478 e. The van der Waals surface area contributed by atoms with Gasteiger partial charge in [0.2, 0.25) is 10.0 Å². The lowest BCUT2D eigenvalue weighted by molar-refractivity contribution is 0.0694. The number of benzene rings is 1. The quantitative estimate of drug-likeness (QED) is 0.873. The molecule has 0 aromatic heterocycles. The van der Waals surface area contributed by atoms with Crippen molar-refractivity contribution in [3.05, 3.63) is 34.6 Å². The van der Waals surface area contributed by atoms with Crippen LogP contribution >= 0.6 is 0 Å². The van der Waals surface area contributed by atoms with Gasteiger partial charge in [-0.2, -0.15) is 4.31 Å². The van der Waals surface area contributed by atoms with Crippen molar-refractivity contribution in [1.29, 1.82) is 0 Å². The van der Waals surface area contributed by atoms with Crippen LogP contribution in [0.3, 0.4) is 0 Å². The Kier molecular flexibility index (Phi) is 3.94. The first-order chi connectivity index (χ1) is 10.8. The molecule has 1 N–H and O–H groups in total. The van der Waals surface area contributed by atoms with Gasteiger partial charge in [-0.05, 0) is 42.5 Å². The van der Waals surface area contributed by atoms with E-state index in [9.17, 15) is 22.7 Å². The number of ether oxygens (including phenoxy) is 1. The van der Waals surface area contributed by atoms with Crippen molar-refractivity contribution < 1.29 is 27.4 Å². The number of sulfonamides is 1. The lowest BCUT2D eigenvalue weighted by atomic mass is 9.95.